The summed E-state index contributed by atoms with van der Waals surface area (Å²) in [5.41, 5.74) is 0.601. The first-order valence-corrected chi connectivity index (χ1v) is 9.88. The molecule has 3 heterocycles. The second kappa shape index (κ2) is 7.57. The maximum atomic E-state index is 13.2. The Kier molecular flexibility index (Phi) is 5.04. The van der Waals surface area contributed by atoms with E-state index in [1.807, 2.05) is 13.8 Å². The van der Waals surface area contributed by atoms with E-state index < -0.39 is 17.2 Å². The van der Waals surface area contributed by atoms with E-state index in [-0.39, 0.29) is 35.9 Å². The zero-order chi connectivity index (χ0) is 22.4. The van der Waals surface area contributed by atoms with Crippen molar-refractivity contribution < 1.29 is 19.0 Å². The molecule has 0 N–H and O–H groups in total. The number of hydrogen-bond donors (Lipinski definition) is 0. The number of benzene rings is 1. The van der Waals surface area contributed by atoms with E-state index in [0.717, 1.165) is 4.57 Å². The molecule has 0 saturated carbocycles. The van der Waals surface area contributed by atoms with Gasteiger partial charge in [-0.1, -0.05) is 19.9 Å². The van der Waals surface area contributed by atoms with Crippen LogP contribution >= 0.6 is 0 Å². The maximum Gasteiger partial charge on any atom is 0.340 e. The summed E-state index contributed by atoms with van der Waals surface area (Å²) in [5.74, 6) is 0.635. The zero-order valence-corrected chi connectivity index (χ0v) is 18.0. The topological polar surface area (TPSA) is 102 Å². The van der Waals surface area contributed by atoms with Gasteiger partial charge in [0.2, 0.25) is 6.79 Å². The van der Waals surface area contributed by atoms with Crippen molar-refractivity contribution in [3.05, 3.63) is 50.3 Å². The fraction of sp³-hybridized carbons (Fsp3) is 0.364. The Morgan fingerprint density at radius 2 is 1.87 bits per heavy atom. The number of carbonyl (C=O) groups excluding carboxylic acids is 1. The highest BCUT2D eigenvalue weighted by Crippen LogP contribution is 2.39. The van der Waals surface area contributed by atoms with Crippen molar-refractivity contribution >= 4 is 17.0 Å². The lowest BCUT2D eigenvalue weighted by atomic mass is 9.95. The Morgan fingerprint density at radius 3 is 2.58 bits per heavy atom. The van der Waals surface area contributed by atoms with Crippen LogP contribution in [0.5, 0.6) is 11.5 Å². The fourth-order valence-corrected chi connectivity index (χ4v) is 3.61. The van der Waals surface area contributed by atoms with Crippen LogP contribution < -0.4 is 20.7 Å². The van der Waals surface area contributed by atoms with Crippen LogP contribution in [0.15, 0.2) is 27.8 Å². The van der Waals surface area contributed by atoms with Gasteiger partial charge in [0.1, 0.15) is 5.65 Å². The summed E-state index contributed by atoms with van der Waals surface area (Å²) < 4.78 is 18.6. The number of hydrogen-bond acceptors (Lipinski definition) is 7. The molecule has 162 valence electrons. The number of aryl methyl sites for hydroxylation is 2. The number of ether oxygens (including phenoxy) is 3. The van der Waals surface area contributed by atoms with Gasteiger partial charge >= 0.3 is 11.7 Å². The average molecular weight is 425 g/mol. The van der Waals surface area contributed by atoms with E-state index >= 15 is 0 Å². The molecule has 0 unspecified atom stereocenters. The molecule has 0 radical (unpaired) electrons. The van der Waals surface area contributed by atoms with Crippen LogP contribution in [0.2, 0.25) is 0 Å². The van der Waals surface area contributed by atoms with Crippen LogP contribution in [0.3, 0.4) is 0 Å². The molecular formula is C22H23N3O6. The van der Waals surface area contributed by atoms with Crippen molar-refractivity contribution in [3.63, 3.8) is 0 Å². The van der Waals surface area contributed by atoms with Gasteiger partial charge in [0.05, 0.1) is 23.3 Å². The van der Waals surface area contributed by atoms with Gasteiger partial charge in [-0.3, -0.25) is 13.9 Å². The van der Waals surface area contributed by atoms with E-state index in [4.69, 9.17) is 14.2 Å². The molecule has 2 aromatic heterocycles. The number of fused-ring (bicyclic) bond motifs is 2. The van der Waals surface area contributed by atoms with Gasteiger partial charge in [-0.15, -0.1) is 0 Å². The monoisotopic (exact) mass is 425 g/mol. The molecule has 1 aliphatic rings. The van der Waals surface area contributed by atoms with E-state index in [0.29, 0.717) is 28.3 Å². The predicted molar refractivity (Wildman–Crippen MR) is 114 cm³/mol. The summed E-state index contributed by atoms with van der Waals surface area (Å²) in [4.78, 5) is 43.2. The van der Waals surface area contributed by atoms with Crippen LogP contribution in [0.1, 0.15) is 29.9 Å². The van der Waals surface area contributed by atoms with Crippen molar-refractivity contribution in [1.82, 2.24) is 14.1 Å². The van der Waals surface area contributed by atoms with Crippen molar-refractivity contribution in [2.45, 2.75) is 20.8 Å². The number of nitrogens with zero attached hydrogens (tertiary/aromatic N) is 3. The largest absolute Gasteiger partial charge is 0.462 e. The third-order valence-electron chi connectivity index (χ3n) is 5.18. The summed E-state index contributed by atoms with van der Waals surface area (Å²) in [6.07, 6.45) is 0. The van der Waals surface area contributed by atoms with Gasteiger partial charge in [0, 0.05) is 19.7 Å². The number of carbonyl (C=O) groups is 1. The van der Waals surface area contributed by atoms with E-state index in [1.54, 1.807) is 25.1 Å². The zero-order valence-electron chi connectivity index (χ0n) is 18.0. The van der Waals surface area contributed by atoms with Gasteiger partial charge in [-0.05, 0) is 30.5 Å². The smallest absolute Gasteiger partial charge is 0.340 e. The van der Waals surface area contributed by atoms with Gasteiger partial charge < -0.3 is 14.2 Å². The highest BCUT2D eigenvalue weighted by Gasteiger charge is 2.27. The lowest BCUT2D eigenvalue weighted by Gasteiger charge is -2.17. The molecular weight excluding hydrogens is 402 g/mol. The van der Waals surface area contributed by atoms with Gasteiger partial charge in [0.25, 0.3) is 5.56 Å². The third-order valence-corrected chi connectivity index (χ3v) is 5.18. The number of aromatic nitrogens is 3. The summed E-state index contributed by atoms with van der Waals surface area (Å²) in [6, 6.07) is 5.17. The molecule has 3 aromatic rings. The standard InChI is InChI=1S/C22H23N3O6/c1-11(2)9-29-21(27)16-12(3)23-19-18(20(26)25(5)22(28)24(19)4)17(16)13-6-7-14-15(8-13)31-10-30-14/h6-8,11H,9-10H2,1-5H3. The second-order valence-corrected chi connectivity index (χ2v) is 7.91. The summed E-state index contributed by atoms with van der Waals surface area (Å²) in [6.45, 7) is 5.84. The first kappa shape index (κ1) is 20.6. The summed E-state index contributed by atoms with van der Waals surface area (Å²) >= 11 is 0. The van der Waals surface area contributed by atoms with Gasteiger partial charge in [0.15, 0.2) is 11.5 Å². The fourth-order valence-electron chi connectivity index (χ4n) is 3.61. The molecule has 1 aromatic carbocycles. The molecule has 1 aliphatic heterocycles. The minimum atomic E-state index is -0.579. The lowest BCUT2D eigenvalue weighted by Crippen LogP contribution is -2.38. The van der Waals surface area contributed by atoms with Crippen LogP contribution in [-0.4, -0.2) is 33.5 Å². The van der Waals surface area contributed by atoms with E-state index in [9.17, 15) is 14.4 Å². The molecule has 0 spiro atoms. The Morgan fingerprint density at radius 1 is 1.16 bits per heavy atom. The predicted octanol–water partition coefficient (Wildman–Crippen LogP) is 2.15. The average Bonchev–Trinajstić information content (AvgIpc) is 3.21. The van der Waals surface area contributed by atoms with Crippen LogP contribution in [0, 0.1) is 12.8 Å². The molecule has 0 aliphatic carbocycles. The van der Waals surface area contributed by atoms with E-state index in [1.165, 1.54) is 18.7 Å². The number of esters is 1. The normalized spacial score (nSPS) is 12.6. The molecule has 0 amide bonds. The molecule has 0 atom stereocenters. The van der Waals surface area contributed by atoms with Crippen LogP contribution in [0.4, 0.5) is 0 Å². The Hall–Kier alpha value is -3.62. The molecule has 0 bridgehead atoms. The molecule has 0 fully saturated rings. The Balaban J connectivity index is 2.11. The molecule has 4 rings (SSSR count). The molecule has 9 nitrogen and oxygen atoms in total. The Labute approximate surface area is 177 Å². The minimum absolute atomic E-state index is 0.0917. The Bertz CT molecular complexity index is 1340. The van der Waals surface area contributed by atoms with Crippen molar-refractivity contribution in [2.75, 3.05) is 13.4 Å². The first-order valence-electron chi connectivity index (χ1n) is 9.88. The first-order chi connectivity index (χ1) is 14.7. The third kappa shape index (κ3) is 3.35. The lowest BCUT2D eigenvalue weighted by molar-refractivity contribution is 0.0458. The quantitative estimate of drug-likeness (QED) is 0.590. The van der Waals surface area contributed by atoms with Crippen molar-refractivity contribution in [3.8, 4) is 22.6 Å². The maximum absolute atomic E-state index is 13.2. The number of pyridine rings is 1. The summed E-state index contributed by atoms with van der Waals surface area (Å²) in [7, 11) is 2.93. The highest BCUT2D eigenvalue weighted by atomic mass is 16.7. The number of rotatable bonds is 4. The van der Waals surface area contributed by atoms with Crippen molar-refractivity contribution in [1.29, 1.82) is 0 Å². The highest BCUT2D eigenvalue weighted by molar-refractivity contribution is 6.07. The molecule has 9 heteroatoms. The van der Waals surface area contributed by atoms with Crippen LogP contribution in [-0.2, 0) is 18.8 Å². The van der Waals surface area contributed by atoms with Gasteiger partial charge in [-0.2, -0.15) is 0 Å². The minimum Gasteiger partial charge on any atom is -0.462 e. The SMILES string of the molecule is Cc1nc2c(c(-c3ccc4c(c3)OCO4)c1C(=O)OCC(C)C)c(=O)n(C)c(=O)n2C. The van der Waals surface area contributed by atoms with Crippen molar-refractivity contribution in [2.24, 2.45) is 20.0 Å². The molecule has 0 saturated heterocycles. The molecule has 31 heavy (non-hydrogen) atoms. The van der Waals surface area contributed by atoms with Gasteiger partial charge in [-0.25, -0.2) is 14.6 Å². The van der Waals surface area contributed by atoms with E-state index in [2.05, 4.69) is 4.98 Å². The van der Waals surface area contributed by atoms with Crippen LogP contribution in [0.25, 0.3) is 22.2 Å². The summed E-state index contributed by atoms with van der Waals surface area (Å²) in [5, 5.41) is 0.158. The second-order valence-electron chi connectivity index (χ2n) is 7.91.